The van der Waals surface area contributed by atoms with E-state index in [0.29, 0.717) is 59.7 Å². The van der Waals surface area contributed by atoms with Crippen LogP contribution in [0.25, 0.3) is 0 Å². The van der Waals surface area contributed by atoms with Gasteiger partial charge in [0.05, 0.1) is 30.9 Å². The van der Waals surface area contributed by atoms with Crippen LogP contribution in [0, 0.1) is 0 Å². The van der Waals surface area contributed by atoms with Gasteiger partial charge in [0.2, 0.25) is 0 Å². The van der Waals surface area contributed by atoms with E-state index in [4.69, 9.17) is 23.7 Å². The number of hydrogen-bond acceptors (Lipinski definition) is 7. The molecule has 238 valence electrons. The maximum absolute atomic E-state index is 13.0. The number of allylic oxidation sites excluding steroid dienone is 3. The summed E-state index contributed by atoms with van der Waals surface area (Å²) in [5, 5.41) is 0. The van der Waals surface area contributed by atoms with Crippen LogP contribution in [0.3, 0.4) is 0 Å². The molecule has 0 spiro atoms. The van der Waals surface area contributed by atoms with Crippen LogP contribution < -0.4 is 23.7 Å². The molecule has 45 heavy (non-hydrogen) atoms. The van der Waals surface area contributed by atoms with E-state index in [0.717, 1.165) is 57.8 Å². The Balaban J connectivity index is 1.55. The van der Waals surface area contributed by atoms with E-state index in [-0.39, 0.29) is 0 Å². The number of rotatable bonds is 22. The normalized spacial score (nSPS) is 10.4. The average Bonchev–Trinajstić information content (AvgIpc) is 3.06. The molecule has 3 aromatic rings. The van der Waals surface area contributed by atoms with Crippen molar-refractivity contribution >= 4 is 11.9 Å². The molecule has 0 fully saturated rings. The lowest BCUT2D eigenvalue weighted by Gasteiger charge is -2.14. The highest BCUT2D eigenvalue weighted by molar-refractivity contribution is 5.92. The first kappa shape index (κ1) is 34.7. The van der Waals surface area contributed by atoms with Gasteiger partial charge in [0.1, 0.15) is 17.2 Å². The molecule has 0 radical (unpaired) electrons. The van der Waals surface area contributed by atoms with Crippen LogP contribution in [0.2, 0.25) is 0 Å². The fraction of sp³-hybridized carbons (Fsp3) is 0.316. The van der Waals surface area contributed by atoms with E-state index in [1.165, 1.54) is 0 Å². The van der Waals surface area contributed by atoms with Gasteiger partial charge in [-0.25, -0.2) is 9.59 Å². The second kappa shape index (κ2) is 20.2. The number of unbranched alkanes of at least 4 members (excludes halogenated alkanes) is 6. The molecule has 0 atom stereocenters. The molecule has 0 N–H and O–H groups in total. The van der Waals surface area contributed by atoms with Crippen LogP contribution in [-0.2, 0) is 0 Å². The van der Waals surface area contributed by atoms with Crippen molar-refractivity contribution in [3.05, 3.63) is 116 Å². The minimum Gasteiger partial charge on any atom is -0.494 e. The fourth-order valence-corrected chi connectivity index (χ4v) is 4.19. The molecule has 0 aromatic heterocycles. The van der Waals surface area contributed by atoms with Crippen molar-refractivity contribution in [3.8, 4) is 28.7 Å². The molecule has 0 saturated carbocycles. The minimum atomic E-state index is -0.545. The topological polar surface area (TPSA) is 80.3 Å². The molecule has 0 aliphatic heterocycles. The second-order valence-corrected chi connectivity index (χ2v) is 10.3. The highest BCUT2D eigenvalue weighted by Crippen LogP contribution is 2.30. The number of esters is 2. The van der Waals surface area contributed by atoms with Gasteiger partial charge >= 0.3 is 11.9 Å². The van der Waals surface area contributed by atoms with Crippen molar-refractivity contribution in [2.75, 3.05) is 19.8 Å². The third-order valence-corrected chi connectivity index (χ3v) is 6.71. The second-order valence-electron chi connectivity index (χ2n) is 10.3. The Bertz CT molecular complexity index is 1360. The third kappa shape index (κ3) is 12.8. The Morgan fingerprint density at radius 1 is 0.489 bits per heavy atom. The summed E-state index contributed by atoms with van der Waals surface area (Å²) < 4.78 is 28.7. The average molecular weight is 613 g/mol. The highest BCUT2D eigenvalue weighted by atomic mass is 16.5. The van der Waals surface area contributed by atoms with Crippen molar-refractivity contribution in [1.82, 2.24) is 0 Å². The maximum atomic E-state index is 13.0. The summed E-state index contributed by atoms with van der Waals surface area (Å²) in [5.41, 5.74) is 0.724. The van der Waals surface area contributed by atoms with Crippen LogP contribution in [0.5, 0.6) is 28.7 Å². The number of benzene rings is 3. The van der Waals surface area contributed by atoms with Crippen LogP contribution >= 0.6 is 0 Å². The summed E-state index contributed by atoms with van der Waals surface area (Å²) >= 11 is 0. The molecule has 3 aromatic carbocycles. The van der Waals surface area contributed by atoms with E-state index in [2.05, 4.69) is 19.7 Å². The fourth-order valence-electron chi connectivity index (χ4n) is 4.19. The molecule has 0 aliphatic rings. The molecule has 0 unspecified atom stereocenters. The molecule has 7 nitrogen and oxygen atoms in total. The summed E-state index contributed by atoms with van der Waals surface area (Å²) in [4.78, 5) is 25.6. The SMILES string of the molecule is C=CCCCCOc1ccc(C(=O)Oc2ccc(OC(=O)c3ccc(OCCCCC=C)c(OCCCCC=C)c3)cc2)cc1. The van der Waals surface area contributed by atoms with E-state index < -0.39 is 11.9 Å². The van der Waals surface area contributed by atoms with E-state index >= 15 is 0 Å². The zero-order chi connectivity index (χ0) is 32.1. The Kier molecular flexibility index (Phi) is 15.6. The summed E-state index contributed by atoms with van der Waals surface area (Å²) in [7, 11) is 0. The molecule has 0 aliphatic carbocycles. The molecule has 0 saturated heterocycles. The lowest BCUT2D eigenvalue weighted by Crippen LogP contribution is -2.10. The number of ether oxygens (including phenoxy) is 5. The summed E-state index contributed by atoms with van der Waals surface area (Å²) in [6.07, 6.45) is 14.1. The smallest absolute Gasteiger partial charge is 0.343 e. The summed E-state index contributed by atoms with van der Waals surface area (Å²) in [6.45, 7) is 12.9. The number of carbonyl (C=O) groups is 2. The Morgan fingerprint density at radius 3 is 1.42 bits per heavy atom. The lowest BCUT2D eigenvalue weighted by molar-refractivity contribution is 0.0719. The first-order valence-electron chi connectivity index (χ1n) is 15.5. The van der Waals surface area contributed by atoms with Crippen LogP contribution in [0.1, 0.15) is 78.5 Å². The Labute approximate surface area is 267 Å². The molecular weight excluding hydrogens is 568 g/mol. The maximum Gasteiger partial charge on any atom is 0.343 e. The first-order chi connectivity index (χ1) is 22.0. The molecule has 0 heterocycles. The van der Waals surface area contributed by atoms with Gasteiger partial charge in [-0.2, -0.15) is 0 Å². The zero-order valence-corrected chi connectivity index (χ0v) is 26.0. The van der Waals surface area contributed by atoms with E-state index in [1.807, 2.05) is 18.2 Å². The largest absolute Gasteiger partial charge is 0.494 e. The monoisotopic (exact) mass is 612 g/mol. The molecule has 3 rings (SSSR count). The highest BCUT2D eigenvalue weighted by Gasteiger charge is 2.15. The standard InChI is InChI=1S/C38H44O7/c1-4-7-10-13-26-41-32-19-16-30(17-20-32)37(39)44-33-21-23-34(24-22-33)45-38(40)31-18-25-35(42-27-14-11-8-5-2)36(29-31)43-28-15-12-9-6-3/h4-6,16-25,29H,1-3,7-15,26-28H2. The Hall–Kier alpha value is -4.78. The first-order valence-corrected chi connectivity index (χ1v) is 15.5. The van der Waals surface area contributed by atoms with Crippen molar-refractivity contribution < 1.29 is 33.3 Å². The van der Waals surface area contributed by atoms with Gasteiger partial charge in [0.15, 0.2) is 11.5 Å². The molecular formula is C38H44O7. The van der Waals surface area contributed by atoms with E-state index in [9.17, 15) is 9.59 Å². The molecule has 7 heteroatoms. The van der Waals surface area contributed by atoms with E-state index in [1.54, 1.807) is 66.7 Å². The van der Waals surface area contributed by atoms with Crippen LogP contribution in [-0.4, -0.2) is 31.8 Å². The van der Waals surface area contributed by atoms with Crippen LogP contribution in [0.15, 0.2) is 105 Å². The van der Waals surface area contributed by atoms with Gasteiger partial charge in [-0.3, -0.25) is 0 Å². The minimum absolute atomic E-state index is 0.309. The van der Waals surface area contributed by atoms with Gasteiger partial charge in [-0.15, -0.1) is 19.7 Å². The predicted molar refractivity (Wildman–Crippen MR) is 178 cm³/mol. The van der Waals surface area contributed by atoms with Gasteiger partial charge in [-0.05, 0) is 125 Å². The van der Waals surface area contributed by atoms with Crippen LogP contribution in [0.4, 0.5) is 0 Å². The van der Waals surface area contributed by atoms with Crippen molar-refractivity contribution in [2.24, 2.45) is 0 Å². The zero-order valence-electron chi connectivity index (χ0n) is 26.0. The molecule has 0 bridgehead atoms. The van der Waals surface area contributed by atoms with Gasteiger partial charge in [-0.1, -0.05) is 18.2 Å². The molecule has 0 amide bonds. The summed E-state index contributed by atoms with van der Waals surface area (Å²) in [6, 6.07) is 18.1. The summed E-state index contributed by atoms with van der Waals surface area (Å²) in [5.74, 6) is 1.36. The Morgan fingerprint density at radius 2 is 0.911 bits per heavy atom. The van der Waals surface area contributed by atoms with Crippen molar-refractivity contribution in [2.45, 2.75) is 57.8 Å². The third-order valence-electron chi connectivity index (χ3n) is 6.71. The van der Waals surface area contributed by atoms with Crippen molar-refractivity contribution in [3.63, 3.8) is 0 Å². The predicted octanol–water partition coefficient (Wildman–Crippen LogP) is 9.33. The number of carbonyl (C=O) groups excluding carboxylic acids is 2. The van der Waals surface area contributed by atoms with Gasteiger partial charge < -0.3 is 23.7 Å². The number of hydrogen-bond donors (Lipinski definition) is 0. The lowest BCUT2D eigenvalue weighted by atomic mass is 10.2. The van der Waals surface area contributed by atoms with Gasteiger partial charge in [0.25, 0.3) is 0 Å². The van der Waals surface area contributed by atoms with Gasteiger partial charge in [0, 0.05) is 0 Å². The van der Waals surface area contributed by atoms with Crippen molar-refractivity contribution in [1.29, 1.82) is 0 Å². The quantitative estimate of drug-likeness (QED) is 0.0484.